The van der Waals surface area contributed by atoms with Gasteiger partial charge >= 0.3 is 12.0 Å². The molecular formula is C12H15N3O5S. The predicted octanol–water partition coefficient (Wildman–Crippen LogP) is 1.92. The molecule has 1 aromatic carbocycles. The fraction of sp³-hybridized carbons (Fsp3) is 0.333. The molecule has 0 saturated carbocycles. The summed E-state index contributed by atoms with van der Waals surface area (Å²) in [6.45, 7) is 0. The third-order valence-electron chi connectivity index (χ3n) is 2.53. The number of aliphatic carboxylic acids is 1. The fourth-order valence-corrected chi connectivity index (χ4v) is 1.99. The number of nitro benzene ring substituents is 1. The molecule has 3 N–H and O–H groups in total. The van der Waals surface area contributed by atoms with E-state index in [2.05, 4.69) is 10.6 Å². The quantitative estimate of drug-likeness (QED) is 0.522. The van der Waals surface area contributed by atoms with Gasteiger partial charge in [0.15, 0.2) is 0 Å². The standard InChI is InChI=1S/C12H15N3O5S/c1-21-6-5-10(11(16)17)14-12(18)13-8-3-2-4-9(7-8)15(19)20/h2-4,7,10H,5-6H2,1H3,(H,16,17)(H2,13,14,18)/t10-/m1/s1. The van der Waals surface area contributed by atoms with Crippen molar-refractivity contribution in [1.82, 2.24) is 5.32 Å². The number of nitrogens with one attached hydrogen (secondary N) is 2. The summed E-state index contributed by atoms with van der Waals surface area (Å²) in [7, 11) is 0. The predicted molar refractivity (Wildman–Crippen MR) is 79.7 cm³/mol. The van der Waals surface area contributed by atoms with Crippen molar-refractivity contribution in [2.45, 2.75) is 12.5 Å². The topological polar surface area (TPSA) is 122 Å². The second-order valence-electron chi connectivity index (χ2n) is 4.08. The van der Waals surface area contributed by atoms with Gasteiger partial charge in [0.25, 0.3) is 5.69 Å². The largest absolute Gasteiger partial charge is 0.480 e. The van der Waals surface area contributed by atoms with E-state index in [0.717, 1.165) is 0 Å². The number of benzene rings is 1. The molecule has 0 spiro atoms. The Kier molecular flexibility index (Phi) is 6.47. The zero-order chi connectivity index (χ0) is 15.8. The second-order valence-corrected chi connectivity index (χ2v) is 5.06. The van der Waals surface area contributed by atoms with E-state index in [4.69, 9.17) is 5.11 Å². The second kappa shape index (κ2) is 8.10. The molecule has 0 radical (unpaired) electrons. The molecule has 0 aliphatic rings. The lowest BCUT2D eigenvalue weighted by Crippen LogP contribution is -2.43. The number of carbonyl (C=O) groups excluding carboxylic acids is 1. The van der Waals surface area contributed by atoms with Crippen LogP contribution in [0.15, 0.2) is 24.3 Å². The van der Waals surface area contributed by atoms with Gasteiger partial charge < -0.3 is 15.7 Å². The molecule has 114 valence electrons. The molecule has 0 saturated heterocycles. The molecule has 0 aliphatic heterocycles. The lowest BCUT2D eigenvalue weighted by molar-refractivity contribution is -0.384. The van der Waals surface area contributed by atoms with E-state index in [1.165, 1.54) is 36.0 Å². The SMILES string of the molecule is CSCC[C@@H](NC(=O)Nc1cccc([N+](=O)[O-])c1)C(=O)O. The van der Waals surface area contributed by atoms with Gasteiger partial charge in [0, 0.05) is 17.8 Å². The van der Waals surface area contributed by atoms with Crippen molar-refractivity contribution in [3.05, 3.63) is 34.4 Å². The molecule has 0 fully saturated rings. The number of anilines is 1. The summed E-state index contributed by atoms with van der Waals surface area (Å²) in [4.78, 5) is 32.7. The van der Waals surface area contributed by atoms with Crippen LogP contribution >= 0.6 is 11.8 Å². The number of hydrogen-bond donors (Lipinski definition) is 3. The Morgan fingerprint density at radius 1 is 1.48 bits per heavy atom. The van der Waals surface area contributed by atoms with E-state index in [9.17, 15) is 19.7 Å². The van der Waals surface area contributed by atoms with Gasteiger partial charge in [-0.1, -0.05) is 6.07 Å². The summed E-state index contributed by atoms with van der Waals surface area (Å²) < 4.78 is 0. The Hall–Kier alpha value is -2.29. The molecule has 1 rings (SSSR count). The number of amides is 2. The number of nitro groups is 1. The first kappa shape index (κ1) is 16.8. The summed E-state index contributed by atoms with van der Waals surface area (Å²) in [5, 5.41) is 24.3. The minimum atomic E-state index is -1.13. The highest BCUT2D eigenvalue weighted by molar-refractivity contribution is 7.98. The van der Waals surface area contributed by atoms with E-state index < -0.39 is 23.0 Å². The minimum Gasteiger partial charge on any atom is -0.480 e. The Morgan fingerprint density at radius 3 is 2.76 bits per heavy atom. The third kappa shape index (κ3) is 5.69. The smallest absolute Gasteiger partial charge is 0.326 e. The van der Waals surface area contributed by atoms with Crippen LogP contribution in [0.1, 0.15) is 6.42 Å². The number of nitrogens with zero attached hydrogens (tertiary/aromatic N) is 1. The van der Waals surface area contributed by atoms with E-state index in [1.807, 2.05) is 6.26 Å². The molecule has 0 bridgehead atoms. The Balaban J connectivity index is 2.65. The molecule has 9 heteroatoms. The van der Waals surface area contributed by atoms with Crippen LogP contribution in [-0.2, 0) is 4.79 Å². The van der Waals surface area contributed by atoms with Crippen molar-refractivity contribution in [3.63, 3.8) is 0 Å². The fourth-order valence-electron chi connectivity index (χ4n) is 1.52. The van der Waals surface area contributed by atoms with Crippen LogP contribution in [0.4, 0.5) is 16.2 Å². The number of hydrogen-bond acceptors (Lipinski definition) is 5. The molecule has 2 amide bonds. The van der Waals surface area contributed by atoms with Gasteiger partial charge in [0.2, 0.25) is 0 Å². The van der Waals surface area contributed by atoms with Crippen LogP contribution < -0.4 is 10.6 Å². The van der Waals surface area contributed by atoms with Crippen LogP contribution in [0.5, 0.6) is 0 Å². The summed E-state index contributed by atoms with van der Waals surface area (Å²) in [5.74, 6) is -0.535. The maximum Gasteiger partial charge on any atom is 0.326 e. The average molecular weight is 313 g/mol. The van der Waals surface area contributed by atoms with E-state index in [-0.39, 0.29) is 11.4 Å². The molecule has 0 unspecified atom stereocenters. The van der Waals surface area contributed by atoms with Gasteiger partial charge in [-0.25, -0.2) is 9.59 Å². The molecular weight excluding hydrogens is 298 g/mol. The molecule has 0 heterocycles. The first-order chi connectivity index (χ1) is 9.93. The van der Waals surface area contributed by atoms with Gasteiger partial charge in [0.05, 0.1) is 4.92 Å². The van der Waals surface area contributed by atoms with E-state index in [0.29, 0.717) is 12.2 Å². The molecule has 1 aromatic rings. The van der Waals surface area contributed by atoms with Crippen LogP contribution in [0.3, 0.4) is 0 Å². The number of non-ortho nitro benzene ring substituents is 1. The summed E-state index contributed by atoms with van der Waals surface area (Å²) >= 11 is 1.47. The Morgan fingerprint density at radius 2 is 2.19 bits per heavy atom. The molecule has 8 nitrogen and oxygen atoms in total. The lowest BCUT2D eigenvalue weighted by Gasteiger charge is -2.14. The molecule has 0 aliphatic carbocycles. The van der Waals surface area contributed by atoms with Gasteiger partial charge in [-0.2, -0.15) is 11.8 Å². The summed E-state index contributed by atoms with van der Waals surface area (Å²) in [6, 6.07) is 3.67. The van der Waals surface area contributed by atoms with Crippen molar-refractivity contribution in [1.29, 1.82) is 0 Å². The van der Waals surface area contributed by atoms with Crippen LogP contribution in [0.2, 0.25) is 0 Å². The van der Waals surface area contributed by atoms with Gasteiger partial charge in [-0.15, -0.1) is 0 Å². The zero-order valence-corrected chi connectivity index (χ0v) is 12.1. The highest BCUT2D eigenvalue weighted by Crippen LogP contribution is 2.16. The minimum absolute atomic E-state index is 0.162. The number of carboxylic acid groups (broad SMARTS) is 1. The first-order valence-electron chi connectivity index (χ1n) is 5.97. The highest BCUT2D eigenvalue weighted by atomic mass is 32.2. The monoisotopic (exact) mass is 313 g/mol. The van der Waals surface area contributed by atoms with E-state index in [1.54, 1.807) is 0 Å². The maximum absolute atomic E-state index is 11.7. The van der Waals surface area contributed by atoms with Crippen molar-refractivity contribution >= 4 is 35.1 Å². The lowest BCUT2D eigenvalue weighted by atomic mass is 10.2. The summed E-state index contributed by atoms with van der Waals surface area (Å²) in [6.07, 6.45) is 2.13. The Bertz CT molecular complexity index is 537. The van der Waals surface area contributed by atoms with Crippen molar-refractivity contribution in [2.75, 3.05) is 17.3 Å². The maximum atomic E-state index is 11.7. The van der Waals surface area contributed by atoms with Crippen LogP contribution in [0.25, 0.3) is 0 Å². The van der Waals surface area contributed by atoms with E-state index >= 15 is 0 Å². The van der Waals surface area contributed by atoms with Gasteiger partial charge in [-0.05, 0) is 24.5 Å². The number of urea groups is 1. The molecule has 1 atom stereocenters. The number of thioether (sulfide) groups is 1. The van der Waals surface area contributed by atoms with Crippen LogP contribution in [-0.4, -0.2) is 40.1 Å². The molecule has 0 aromatic heterocycles. The third-order valence-corrected chi connectivity index (χ3v) is 3.17. The van der Waals surface area contributed by atoms with Crippen molar-refractivity contribution < 1.29 is 19.6 Å². The number of carbonyl (C=O) groups is 2. The highest BCUT2D eigenvalue weighted by Gasteiger charge is 2.19. The number of carboxylic acids is 1. The summed E-state index contributed by atoms with van der Waals surface area (Å²) in [5.41, 5.74) is 0.0562. The van der Waals surface area contributed by atoms with Crippen LogP contribution in [0, 0.1) is 10.1 Å². The normalized spacial score (nSPS) is 11.5. The van der Waals surface area contributed by atoms with Crippen molar-refractivity contribution in [3.8, 4) is 0 Å². The first-order valence-corrected chi connectivity index (χ1v) is 7.37. The number of rotatable bonds is 7. The van der Waals surface area contributed by atoms with Crippen molar-refractivity contribution in [2.24, 2.45) is 0 Å². The average Bonchev–Trinajstić information content (AvgIpc) is 2.43. The van der Waals surface area contributed by atoms with Gasteiger partial charge in [-0.3, -0.25) is 10.1 Å². The van der Waals surface area contributed by atoms with Gasteiger partial charge in [0.1, 0.15) is 6.04 Å². The molecule has 21 heavy (non-hydrogen) atoms. The Labute approximate surface area is 125 Å². The zero-order valence-electron chi connectivity index (χ0n) is 11.2.